The smallest absolute Gasteiger partial charge is 0.341 e. The third-order valence-corrected chi connectivity index (χ3v) is 6.93. The molecule has 32 heavy (non-hydrogen) atoms. The number of anilines is 1. The first-order valence-electron chi connectivity index (χ1n) is 11.4. The van der Waals surface area contributed by atoms with E-state index in [-0.39, 0.29) is 24.5 Å². The van der Waals surface area contributed by atoms with Crippen LogP contribution in [0.25, 0.3) is 0 Å². The van der Waals surface area contributed by atoms with E-state index in [1.165, 1.54) is 11.3 Å². The third-order valence-electron chi connectivity index (χ3n) is 5.72. The van der Waals surface area contributed by atoms with E-state index in [1.807, 2.05) is 0 Å². The molecule has 0 bridgehead atoms. The SMILES string of the molecule is CC(C)OC(=O)c1c(NC(=O)COC(=O)CNC(=O)C2CCCCC2)sc2c1CCCC2. The monoisotopic (exact) mass is 464 g/mol. The second-order valence-corrected chi connectivity index (χ2v) is 9.74. The van der Waals surface area contributed by atoms with Crippen molar-refractivity contribution in [2.75, 3.05) is 18.5 Å². The molecule has 2 amide bonds. The summed E-state index contributed by atoms with van der Waals surface area (Å²) < 4.78 is 10.4. The Bertz CT molecular complexity index is 857. The predicted molar refractivity (Wildman–Crippen MR) is 121 cm³/mol. The zero-order valence-corrected chi connectivity index (χ0v) is 19.6. The number of rotatable bonds is 8. The van der Waals surface area contributed by atoms with Gasteiger partial charge in [-0.1, -0.05) is 19.3 Å². The van der Waals surface area contributed by atoms with E-state index < -0.39 is 24.5 Å². The van der Waals surface area contributed by atoms with Crippen LogP contribution in [0.15, 0.2) is 0 Å². The van der Waals surface area contributed by atoms with Gasteiger partial charge in [0.2, 0.25) is 5.91 Å². The maximum absolute atomic E-state index is 12.6. The van der Waals surface area contributed by atoms with Crippen molar-refractivity contribution in [2.45, 2.75) is 77.7 Å². The minimum absolute atomic E-state index is 0.0475. The average molecular weight is 465 g/mol. The molecule has 1 saturated carbocycles. The fourth-order valence-electron chi connectivity index (χ4n) is 4.17. The fourth-order valence-corrected chi connectivity index (χ4v) is 5.46. The number of esters is 2. The topological polar surface area (TPSA) is 111 Å². The Balaban J connectivity index is 1.52. The summed E-state index contributed by atoms with van der Waals surface area (Å²) in [5.74, 6) is -1.84. The Morgan fingerprint density at radius 3 is 2.47 bits per heavy atom. The van der Waals surface area contributed by atoms with Crippen LogP contribution in [0, 0.1) is 5.92 Å². The van der Waals surface area contributed by atoms with E-state index in [0.717, 1.165) is 68.2 Å². The van der Waals surface area contributed by atoms with Crippen LogP contribution < -0.4 is 10.6 Å². The molecule has 0 aromatic carbocycles. The lowest BCUT2D eigenvalue weighted by atomic mass is 9.89. The van der Waals surface area contributed by atoms with Crippen LogP contribution in [0.1, 0.15) is 79.6 Å². The summed E-state index contributed by atoms with van der Waals surface area (Å²) in [5, 5.41) is 5.74. The predicted octanol–water partition coefficient (Wildman–Crippen LogP) is 3.37. The van der Waals surface area contributed by atoms with Crippen LogP contribution >= 0.6 is 11.3 Å². The highest BCUT2D eigenvalue weighted by molar-refractivity contribution is 7.17. The molecule has 2 aliphatic rings. The first-order chi connectivity index (χ1) is 15.3. The van der Waals surface area contributed by atoms with Crippen molar-refractivity contribution in [1.29, 1.82) is 0 Å². The highest BCUT2D eigenvalue weighted by atomic mass is 32.1. The number of ether oxygens (including phenoxy) is 2. The zero-order chi connectivity index (χ0) is 23.1. The van der Waals surface area contributed by atoms with Crippen molar-refractivity contribution in [3.63, 3.8) is 0 Å². The number of nitrogens with one attached hydrogen (secondary N) is 2. The number of amides is 2. The molecule has 1 heterocycles. The normalized spacial score (nSPS) is 16.2. The Hall–Kier alpha value is -2.42. The van der Waals surface area contributed by atoms with Crippen LogP contribution in [0.2, 0.25) is 0 Å². The third kappa shape index (κ3) is 6.54. The molecule has 176 valence electrons. The maximum Gasteiger partial charge on any atom is 0.341 e. The Morgan fingerprint density at radius 2 is 1.75 bits per heavy atom. The Labute approximate surface area is 192 Å². The molecule has 9 heteroatoms. The molecule has 0 aliphatic heterocycles. The van der Waals surface area contributed by atoms with Gasteiger partial charge in [0.05, 0.1) is 11.7 Å². The van der Waals surface area contributed by atoms with Gasteiger partial charge in [-0.05, 0) is 57.9 Å². The number of carbonyl (C=O) groups is 4. The van der Waals surface area contributed by atoms with Gasteiger partial charge in [0, 0.05) is 10.8 Å². The standard InChI is InChI=1S/C23H32N2O6S/c1-14(2)31-23(29)20-16-10-6-7-11-17(16)32-22(20)25-18(26)13-30-19(27)12-24-21(28)15-8-4-3-5-9-15/h14-15H,3-13H2,1-2H3,(H,24,28)(H,25,26). The molecule has 8 nitrogen and oxygen atoms in total. The lowest BCUT2D eigenvalue weighted by Gasteiger charge is -2.20. The number of fused-ring (bicyclic) bond motifs is 1. The summed E-state index contributed by atoms with van der Waals surface area (Å²) in [7, 11) is 0. The van der Waals surface area contributed by atoms with Gasteiger partial charge in [0.25, 0.3) is 5.91 Å². The second kappa shape index (κ2) is 11.4. The van der Waals surface area contributed by atoms with Crippen molar-refractivity contribution >= 4 is 40.1 Å². The van der Waals surface area contributed by atoms with Crippen molar-refractivity contribution < 1.29 is 28.7 Å². The summed E-state index contributed by atoms with van der Waals surface area (Å²) in [6.07, 6.45) is 8.30. The molecule has 2 N–H and O–H groups in total. The van der Waals surface area contributed by atoms with Crippen molar-refractivity contribution in [1.82, 2.24) is 5.32 Å². The summed E-state index contributed by atoms with van der Waals surface area (Å²) in [5.41, 5.74) is 1.36. The molecule has 0 spiro atoms. The van der Waals surface area contributed by atoms with Gasteiger partial charge in [-0.3, -0.25) is 14.4 Å². The average Bonchev–Trinajstić information content (AvgIpc) is 3.14. The fraction of sp³-hybridized carbons (Fsp3) is 0.652. The second-order valence-electron chi connectivity index (χ2n) is 8.63. The van der Waals surface area contributed by atoms with E-state index >= 15 is 0 Å². The minimum Gasteiger partial charge on any atom is -0.459 e. The molecule has 2 aliphatic carbocycles. The molecule has 0 radical (unpaired) electrons. The molecule has 0 unspecified atom stereocenters. The van der Waals surface area contributed by atoms with Crippen molar-refractivity contribution in [2.24, 2.45) is 5.92 Å². The molecule has 1 fully saturated rings. The summed E-state index contributed by atoms with van der Waals surface area (Å²) in [6, 6.07) is 0. The van der Waals surface area contributed by atoms with Crippen molar-refractivity contribution in [3.05, 3.63) is 16.0 Å². The number of aryl methyl sites for hydroxylation is 1. The van der Waals surface area contributed by atoms with Gasteiger partial charge in [-0.15, -0.1) is 11.3 Å². The largest absolute Gasteiger partial charge is 0.459 e. The Kier molecular flexibility index (Phi) is 8.67. The zero-order valence-electron chi connectivity index (χ0n) is 18.8. The van der Waals surface area contributed by atoms with Gasteiger partial charge < -0.3 is 20.1 Å². The molecular formula is C23H32N2O6S. The van der Waals surface area contributed by atoms with E-state index in [4.69, 9.17) is 9.47 Å². The minimum atomic E-state index is -0.672. The van der Waals surface area contributed by atoms with E-state index in [0.29, 0.717) is 10.6 Å². The van der Waals surface area contributed by atoms with Crippen LogP contribution in [0.5, 0.6) is 0 Å². The highest BCUT2D eigenvalue weighted by Crippen LogP contribution is 2.38. The number of hydrogen-bond acceptors (Lipinski definition) is 7. The number of carbonyl (C=O) groups excluding carboxylic acids is 4. The van der Waals surface area contributed by atoms with Crippen LogP contribution in [-0.4, -0.2) is 43.0 Å². The van der Waals surface area contributed by atoms with E-state index in [9.17, 15) is 19.2 Å². The molecular weight excluding hydrogens is 432 g/mol. The highest BCUT2D eigenvalue weighted by Gasteiger charge is 2.28. The lowest BCUT2D eigenvalue weighted by molar-refractivity contribution is -0.147. The van der Waals surface area contributed by atoms with Gasteiger partial charge in [0.15, 0.2) is 6.61 Å². The molecule has 0 atom stereocenters. The van der Waals surface area contributed by atoms with Crippen LogP contribution in [0.4, 0.5) is 5.00 Å². The van der Waals surface area contributed by atoms with Gasteiger partial charge in [0.1, 0.15) is 11.5 Å². The maximum atomic E-state index is 12.6. The van der Waals surface area contributed by atoms with E-state index in [1.54, 1.807) is 13.8 Å². The summed E-state index contributed by atoms with van der Waals surface area (Å²) in [4.78, 5) is 50.2. The quantitative estimate of drug-likeness (QED) is 0.571. The summed E-state index contributed by atoms with van der Waals surface area (Å²) in [6.45, 7) is 2.81. The van der Waals surface area contributed by atoms with Crippen LogP contribution in [-0.2, 0) is 36.7 Å². The van der Waals surface area contributed by atoms with Gasteiger partial charge in [-0.25, -0.2) is 4.79 Å². The molecule has 0 saturated heterocycles. The summed E-state index contributed by atoms with van der Waals surface area (Å²) >= 11 is 1.38. The van der Waals surface area contributed by atoms with E-state index in [2.05, 4.69) is 10.6 Å². The Morgan fingerprint density at radius 1 is 1.03 bits per heavy atom. The van der Waals surface area contributed by atoms with Gasteiger partial charge >= 0.3 is 11.9 Å². The molecule has 3 rings (SSSR count). The molecule has 1 aromatic rings. The number of hydrogen-bond donors (Lipinski definition) is 2. The van der Waals surface area contributed by atoms with Crippen molar-refractivity contribution in [3.8, 4) is 0 Å². The molecule has 1 aromatic heterocycles. The first kappa shape index (κ1) is 24.2. The van der Waals surface area contributed by atoms with Crippen LogP contribution in [0.3, 0.4) is 0 Å². The number of thiophene rings is 1. The lowest BCUT2D eigenvalue weighted by Crippen LogP contribution is -2.36. The van der Waals surface area contributed by atoms with Gasteiger partial charge in [-0.2, -0.15) is 0 Å². The first-order valence-corrected chi connectivity index (χ1v) is 12.3.